The summed E-state index contributed by atoms with van der Waals surface area (Å²) in [7, 11) is 0. The van der Waals surface area contributed by atoms with E-state index in [0.717, 1.165) is 40.6 Å². The van der Waals surface area contributed by atoms with Gasteiger partial charge in [-0.2, -0.15) is 0 Å². The Hall–Kier alpha value is -3.14. The standard InChI is InChI=1S/C25H27N3O/c1-25(2,3)28-23(29)14-8-11-19-18-10-5-7-13-21(18)27-24(19)22-16-15-17-9-4-6-12-20(17)26-22/h4-7,9-10,12-13,15-16,27H,8,11,14H2,1-3H3,(H,28,29). The van der Waals surface area contributed by atoms with Crippen LogP contribution in [0.3, 0.4) is 0 Å². The largest absolute Gasteiger partial charge is 0.353 e. The quantitative estimate of drug-likeness (QED) is 0.468. The molecule has 0 fully saturated rings. The van der Waals surface area contributed by atoms with Crippen molar-refractivity contribution >= 4 is 27.7 Å². The van der Waals surface area contributed by atoms with Crippen molar-refractivity contribution in [3.63, 3.8) is 0 Å². The molecular weight excluding hydrogens is 358 g/mol. The zero-order valence-corrected chi connectivity index (χ0v) is 17.3. The Kier molecular flexibility index (Phi) is 5.10. The van der Waals surface area contributed by atoms with E-state index in [9.17, 15) is 4.79 Å². The lowest BCUT2D eigenvalue weighted by molar-refractivity contribution is -0.122. The minimum absolute atomic E-state index is 0.0997. The molecule has 29 heavy (non-hydrogen) atoms. The lowest BCUT2D eigenvalue weighted by atomic mass is 10.0. The van der Waals surface area contributed by atoms with E-state index < -0.39 is 0 Å². The van der Waals surface area contributed by atoms with Gasteiger partial charge >= 0.3 is 0 Å². The first-order chi connectivity index (χ1) is 13.9. The van der Waals surface area contributed by atoms with E-state index in [1.165, 1.54) is 10.9 Å². The number of carbonyl (C=O) groups excluding carboxylic acids is 1. The van der Waals surface area contributed by atoms with Crippen molar-refractivity contribution in [2.24, 2.45) is 0 Å². The van der Waals surface area contributed by atoms with Crippen LogP contribution in [0.15, 0.2) is 60.7 Å². The highest BCUT2D eigenvalue weighted by atomic mass is 16.1. The molecule has 0 aliphatic carbocycles. The van der Waals surface area contributed by atoms with Crippen LogP contribution in [0.1, 0.15) is 39.2 Å². The SMILES string of the molecule is CC(C)(C)NC(=O)CCCc1c(-c2ccc3ccccc3n2)[nH]c2ccccc12. The number of fused-ring (bicyclic) bond motifs is 2. The Morgan fingerprint density at radius 3 is 2.59 bits per heavy atom. The number of H-pyrrole nitrogens is 1. The van der Waals surface area contributed by atoms with Crippen molar-refractivity contribution in [2.45, 2.75) is 45.6 Å². The molecule has 4 nitrogen and oxygen atoms in total. The molecule has 1 amide bonds. The number of aromatic nitrogens is 2. The van der Waals surface area contributed by atoms with Gasteiger partial charge in [-0.15, -0.1) is 0 Å². The second-order valence-corrected chi connectivity index (χ2v) is 8.57. The molecule has 4 heteroatoms. The Morgan fingerprint density at radius 1 is 1.00 bits per heavy atom. The Balaban J connectivity index is 1.64. The van der Waals surface area contributed by atoms with Crippen LogP contribution in [0.5, 0.6) is 0 Å². The van der Waals surface area contributed by atoms with Crippen molar-refractivity contribution in [2.75, 3.05) is 0 Å². The van der Waals surface area contributed by atoms with E-state index in [1.807, 2.05) is 45.0 Å². The smallest absolute Gasteiger partial charge is 0.220 e. The summed E-state index contributed by atoms with van der Waals surface area (Å²) in [5, 5.41) is 5.38. The molecule has 2 N–H and O–H groups in total. The number of rotatable bonds is 5. The second kappa shape index (κ2) is 7.70. The van der Waals surface area contributed by atoms with Gasteiger partial charge in [0.1, 0.15) is 0 Å². The highest BCUT2D eigenvalue weighted by molar-refractivity contribution is 5.91. The molecule has 4 aromatic rings. The van der Waals surface area contributed by atoms with Crippen LogP contribution in [-0.2, 0) is 11.2 Å². The monoisotopic (exact) mass is 385 g/mol. The number of carbonyl (C=O) groups is 1. The number of hydrogen-bond acceptors (Lipinski definition) is 2. The van der Waals surface area contributed by atoms with Crippen LogP contribution >= 0.6 is 0 Å². The van der Waals surface area contributed by atoms with Crippen molar-refractivity contribution in [1.82, 2.24) is 15.3 Å². The summed E-state index contributed by atoms with van der Waals surface area (Å²) in [6.07, 6.45) is 2.14. The summed E-state index contributed by atoms with van der Waals surface area (Å²) >= 11 is 0. The third-order valence-corrected chi connectivity index (χ3v) is 5.01. The molecule has 4 rings (SSSR count). The van der Waals surface area contributed by atoms with Crippen LogP contribution in [0.2, 0.25) is 0 Å². The van der Waals surface area contributed by atoms with E-state index in [2.05, 4.69) is 46.7 Å². The first-order valence-corrected chi connectivity index (χ1v) is 10.2. The first-order valence-electron chi connectivity index (χ1n) is 10.2. The van der Waals surface area contributed by atoms with Crippen LogP contribution in [0.25, 0.3) is 33.2 Å². The maximum Gasteiger partial charge on any atom is 0.220 e. The highest BCUT2D eigenvalue weighted by Crippen LogP contribution is 2.31. The second-order valence-electron chi connectivity index (χ2n) is 8.57. The molecule has 0 atom stereocenters. The molecule has 0 aliphatic heterocycles. The maximum atomic E-state index is 12.2. The van der Waals surface area contributed by atoms with E-state index in [0.29, 0.717) is 6.42 Å². The van der Waals surface area contributed by atoms with Gasteiger partial charge in [-0.05, 0) is 57.4 Å². The molecule has 2 aromatic heterocycles. The van der Waals surface area contributed by atoms with Crippen molar-refractivity contribution in [3.05, 3.63) is 66.2 Å². The van der Waals surface area contributed by atoms with Gasteiger partial charge in [0, 0.05) is 28.2 Å². The van der Waals surface area contributed by atoms with Gasteiger partial charge < -0.3 is 10.3 Å². The van der Waals surface area contributed by atoms with Gasteiger partial charge in [-0.3, -0.25) is 4.79 Å². The van der Waals surface area contributed by atoms with Crippen molar-refractivity contribution < 1.29 is 4.79 Å². The number of aromatic amines is 1. The normalized spacial score (nSPS) is 11.8. The molecule has 0 spiro atoms. The Morgan fingerprint density at radius 2 is 1.76 bits per heavy atom. The molecule has 0 bridgehead atoms. The summed E-state index contributed by atoms with van der Waals surface area (Å²) in [6, 6.07) is 20.7. The van der Waals surface area contributed by atoms with E-state index in [4.69, 9.17) is 4.98 Å². The van der Waals surface area contributed by atoms with Crippen LogP contribution in [0, 0.1) is 0 Å². The number of nitrogens with zero attached hydrogens (tertiary/aromatic N) is 1. The van der Waals surface area contributed by atoms with Gasteiger partial charge in [-0.25, -0.2) is 4.98 Å². The van der Waals surface area contributed by atoms with Gasteiger partial charge in [0.15, 0.2) is 0 Å². The minimum atomic E-state index is -0.196. The summed E-state index contributed by atoms with van der Waals surface area (Å²) in [5.74, 6) is 0.0997. The van der Waals surface area contributed by atoms with Crippen molar-refractivity contribution in [3.8, 4) is 11.4 Å². The van der Waals surface area contributed by atoms with E-state index >= 15 is 0 Å². The summed E-state index contributed by atoms with van der Waals surface area (Å²) < 4.78 is 0. The number of amides is 1. The topological polar surface area (TPSA) is 57.8 Å². The Labute approximate surface area is 171 Å². The molecule has 2 heterocycles. The van der Waals surface area contributed by atoms with Crippen molar-refractivity contribution in [1.29, 1.82) is 0 Å². The number of hydrogen-bond donors (Lipinski definition) is 2. The molecule has 148 valence electrons. The number of aryl methyl sites for hydroxylation is 1. The Bertz CT molecular complexity index is 1170. The van der Waals surface area contributed by atoms with E-state index in [1.54, 1.807) is 0 Å². The van der Waals surface area contributed by atoms with Crippen LogP contribution in [0.4, 0.5) is 0 Å². The van der Waals surface area contributed by atoms with E-state index in [-0.39, 0.29) is 11.4 Å². The maximum absolute atomic E-state index is 12.2. The number of benzene rings is 2. The summed E-state index contributed by atoms with van der Waals surface area (Å²) in [4.78, 5) is 20.7. The van der Waals surface area contributed by atoms with Gasteiger partial charge in [0.25, 0.3) is 0 Å². The summed E-state index contributed by atoms with van der Waals surface area (Å²) in [6.45, 7) is 6.02. The van der Waals surface area contributed by atoms with Crippen LogP contribution < -0.4 is 5.32 Å². The predicted octanol–water partition coefficient (Wildman–Crippen LogP) is 5.62. The minimum Gasteiger partial charge on any atom is -0.353 e. The molecule has 0 unspecified atom stereocenters. The molecule has 0 radical (unpaired) electrons. The molecular formula is C25H27N3O. The lowest BCUT2D eigenvalue weighted by Crippen LogP contribution is -2.40. The first kappa shape index (κ1) is 19.2. The van der Waals surface area contributed by atoms with Crippen LogP contribution in [-0.4, -0.2) is 21.4 Å². The molecule has 0 saturated heterocycles. The fourth-order valence-corrected chi connectivity index (χ4v) is 3.79. The fraction of sp³-hybridized carbons (Fsp3) is 0.280. The van der Waals surface area contributed by atoms with Gasteiger partial charge in [0.05, 0.1) is 16.9 Å². The lowest BCUT2D eigenvalue weighted by Gasteiger charge is -2.20. The zero-order valence-electron chi connectivity index (χ0n) is 17.3. The third kappa shape index (κ3) is 4.32. The number of para-hydroxylation sites is 2. The van der Waals surface area contributed by atoms with Gasteiger partial charge in [0.2, 0.25) is 5.91 Å². The predicted molar refractivity (Wildman–Crippen MR) is 120 cm³/mol. The molecule has 2 aromatic carbocycles. The molecule has 0 aliphatic rings. The highest BCUT2D eigenvalue weighted by Gasteiger charge is 2.16. The zero-order chi connectivity index (χ0) is 20.4. The third-order valence-electron chi connectivity index (χ3n) is 5.01. The molecule has 0 saturated carbocycles. The number of pyridine rings is 1. The summed E-state index contributed by atoms with van der Waals surface area (Å²) in [5.41, 5.74) is 5.11. The van der Waals surface area contributed by atoms with Gasteiger partial charge in [-0.1, -0.05) is 42.5 Å². The average Bonchev–Trinajstić information content (AvgIpc) is 3.05. The average molecular weight is 386 g/mol. The fourth-order valence-electron chi connectivity index (χ4n) is 3.79. The number of nitrogens with one attached hydrogen (secondary N) is 2.